The van der Waals surface area contributed by atoms with Crippen LogP contribution in [0.5, 0.6) is 0 Å². The number of carbonyl (C=O) groups is 1. The fraction of sp³-hybridized carbons (Fsp3) is 0.500. The van der Waals surface area contributed by atoms with Crippen LogP contribution in [0.4, 0.5) is 0 Å². The Morgan fingerprint density at radius 1 is 1.38 bits per heavy atom. The Balaban J connectivity index is 2.84. The smallest absolute Gasteiger partial charge is 0.251 e. The number of rotatable bonds is 5. The average molecular weight is 287 g/mol. The summed E-state index contributed by atoms with van der Waals surface area (Å²) in [5.41, 5.74) is 2.50. The van der Waals surface area contributed by atoms with E-state index in [9.17, 15) is 4.79 Å². The lowest BCUT2D eigenvalue weighted by Crippen LogP contribution is -2.34. The fourth-order valence-electron chi connectivity index (χ4n) is 1.70. The van der Waals surface area contributed by atoms with Crippen LogP contribution in [-0.2, 0) is 0 Å². The van der Waals surface area contributed by atoms with Gasteiger partial charge in [0.05, 0.1) is 6.61 Å². The molecule has 0 heterocycles. The highest BCUT2D eigenvalue weighted by atomic mass is 16.2. The maximum absolute atomic E-state index is 12.3. The number of hydrogen-bond acceptors (Lipinski definition) is 2. The van der Waals surface area contributed by atoms with E-state index in [4.69, 9.17) is 5.11 Å². The zero-order valence-electron chi connectivity index (χ0n) is 13.4. The van der Waals surface area contributed by atoms with Gasteiger partial charge in [0.25, 0.3) is 5.91 Å². The van der Waals surface area contributed by atoms with Crippen LogP contribution in [0.2, 0.25) is 0 Å². The van der Waals surface area contributed by atoms with Crippen molar-refractivity contribution in [2.45, 2.75) is 40.5 Å². The van der Waals surface area contributed by atoms with Crippen molar-refractivity contribution in [1.29, 1.82) is 0 Å². The van der Waals surface area contributed by atoms with Crippen LogP contribution in [0, 0.1) is 24.2 Å². The number of amides is 1. The predicted octanol–water partition coefficient (Wildman–Crippen LogP) is 2.89. The molecule has 3 nitrogen and oxygen atoms in total. The quantitative estimate of drug-likeness (QED) is 0.818. The standard InChI is InChI=1S/C18H25NO2/c1-5-18(3,4)13-19-17(21)16-12-15(8-6-7-11-20)10-9-14(16)2/h9-10,12,20H,5,7,11,13H2,1-4H3,(H,19,21). The number of aliphatic hydroxyl groups is 1. The second-order valence-electron chi connectivity index (χ2n) is 6.01. The average Bonchev–Trinajstić information content (AvgIpc) is 2.47. The number of benzene rings is 1. The van der Waals surface area contributed by atoms with Gasteiger partial charge in [-0.15, -0.1) is 0 Å². The molecule has 1 aromatic rings. The van der Waals surface area contributed by atoms with E-state index in [0.29, 0.717) is 18.5 Å². The number of hydrogen-bond donors (Lipinski definition) is 2. The van der Waals surface area contributed by atoms with Crippen molar-refractivity contribution in [3.63, 3.8) is 0 Å². The Bertz CT molecular complexity index is 550. The van der Waals surface area contributed by atoms with Gasteiger partial charge in [-0.2, -0.15) is 0 Å². The fourth-order valence-corrected chi connectivity index (χ4v) is 1.70. The van der Waals surface area contributed by atoms with E-state index in [2.05, 4.69) is 37.9 Å². The van der Waals surface area contributed by atoms with Crippen LogP contribution in [0.1, 0.15) is 55.1 Å². The Kier molecular flexibility index (Phi) is 6.45. The molecule has 114 valence electrons. The maximum atomic E-state index is 12.3. The van der Waals surface area contributed by atoms with E-state index in [1.54, 1.807) is 0 Å². The first-order valence-electron chi connectivity index (χ1n) is 7.38. The molecule has 0 aliphatic rings. The molecular weight excluding hydrogens is 262 g/mol. The summed E-state index contributed by atoms with van der Waals surface area (Å²) in [5.74, 6) is 5.78. The van der Waals surface area contributed by atoms with Gasteiger partial charge in [-0.05, 0) is 36.5 Å². The minimum atomic E-state index is -0.0557. The third-order valence-corrected chi connectivity index (χ3v) is 3.64. The molecule has 21 heavy (non-hydrogen) atoms. The minimum Gasteiger partial charge on any atom is -0.395 e. The Hall–Kier alpha value is -1.79. The lowest BCUT2D eigenvalue weighted by atomic mass is 9.90. The van der Waals surface area contributed by atoms with Crippen LogP contribution in [0.3, 0.4) is 0 Å². The molecule has 0 bridgehead atoms. The summed E-state index contributed by atoms with van der Waals surface area (Å²) in [6, 6.07) is 5.61. The number of nitrogens with one attached hydrogen (secondary N) is 1. The largest absolute Gasteiger partial charge is 0.395 e. The number of carbonyl (C=O) groups excluding carboxylic acids is 1. The van der Waals surface area contributed by atoms with Gasteiger partial charge in [-0.3, -0.25) is 4.79 Å². The molecule has 1 aromatic carbocycles. The maximum Gasteiger partial charge on any atom is 0.251 e. The molecule has 0 spiro atoms. The SMILES string of the molecule is CCC(C)(C)CNC(=O)c1cc(C#CCCO)ccc1C. The van der Waals surface area contributed by atoms with E-state index in [0.717, 1.165) is 17.5 Å². The Labute approximate surface area is 127 Å². The van der Waals surface area contributed by atoms with Gasteiger partial charge in [0.15, 0.2) is 0 Å². The summed E-state index contributed by atoms with van der Waals surface area (Å²) in [4.78, 5) is 12.3. The molecule has 3 heteroatoms. The van der Waals surface area contributed by atoms with Crippen molar-refractivity contribution in [1.82, 2.24) is 5.32 Å². The van der Waals surface area contributed by atoms with Crippen molar-refractivity contribution in [3.05, 3.63) is 34.9 Å². The zero-order valence-corrected chi connectivity index (χ0v) is 13.4. The molecule has 0 aliphatic carbocycles. The molecule has 2 N–H and O–H groups in total. The molecule has 0 aromatic heterocycles. The molecule has 0 atom stereocenters. The van der Waals surface area contributed by atoms with Crippen LogP contribution in [0.25, 0.3) is 0 Å². The Morgan fingerprint density at radius 3 is 2.71 bits per heavy atom. The normalized spacial score (nSPS) is 10.7. The van der Waals surface area contributed by atoms with E-state index >= 15 is 0 Å². The van der Waals surface area contributed by atoms with Crippen LogP contribution >= 0.6 is 0 Å². The summed E-state index contributed by atoms with van der Waals surface area (Å²) in [5, 5.41) is 11.7. The van der Waals surface area contributed by atoms with Gasteiger partial charge in [-0.1, -0.05) is 38.7 Å². The second-order valence-corrected chi connectivity index (χ2v) is 6.01. The number of aryl methyl sites for hydroxylation is 1. The molecule has 0 saturated carbocycles. The van der Waals surface area contributed by atoms with Gasteiger partial charge in [0, 0.05) is 24.1 Å². The van der Waals surface area contributed by atoms with Crippen molar-refractivity contribution in [2.75, 3.05) is 13.2 Å². The number of aliphatic hydroxyl groups excluding tert-OH is 1. The molecule has 0 fully saturated rings. The molecule has 0 aliphatic heterocycles. The van der Waals surface area contributed by atoms with Crippen LogP contribution in [0.15, 0.2) is 18.2 Å². The summed E-state index contributed by atoms with van der Waals surface area (Å²) in [7, 11) is 0. The lowest BCUT2D eigenvalue weighted by Gasteiger charge is -2.23. The predicted molar refractivity (Wildman–Crippen MR) is 86.2 cm³/mol. The molecule has 1 rings (SSSR count). The van der Waals surface area contributed by atoms with E-state index in [-0.39, 0.29) is 17.9 Å². The van der Waals surface area contributed by atoms with Crippen molar-refractivity contribution >= 4 is 5.91 Å². The summed E-state index contributed by atoms with van der Waals surface area (Å²) < 4.78 is 0. The van der Waals surface area contributed by atoms with Crippen LogP contribution in [-0.4, -0.2) is 24.2 Å². The first-order chi connectivity index (χ1) is 9.89. The minimum absolute atomic E-state index is 0.0539. The molecular formula is C18H25NO2. The highest BCUT2D eigenvalue weighted by molar-refractivity contribution is 5.96. The third kappa shape index (κ3) is 5.61. The topological polar surface area (TPSA) is 49.3 Å². The third-order valence-electron chi connectivity index (χ3n) is 3.64. The summed E-state index contributed by atoms with van der Waals surface area (Å²) in [6.45, 7) is 9.02. The highest BCUT2D eigenvalue weighted by Gasteiger charge is 2.17. The summed E-state index contributed by atoms with van der Waals surface area (Å²) >= 11 is 0. The van der Waals surface area contributed by atoms with Crippen molar-refractivity contribution in [3.8, 4) is 11.8 Å². The lowest BCUT2D eigenvalue weighted by molar-refractivity contribution is 0.0935. The molecule has 1 amide bonds. The first-order valence-corrected chi connectivity index (χ1v) is 7.38. The summed E-state index contributed by atoms with van der Waals surface area (Å²) in [6.07, 6.45) is 1.46. The zero-order chi connectivity index (χ0) is 15.9. The van der Waals surface area contributed by atoms with E-state index in [1.165, 1.54) is 0 Å². The van der Waals surface area contributed by atoms with Crippen molar-refractivity contribution in [2.24, 2.45) is 5.41 Å². The first kappa shape index (κ1) is 17.3. The van der Waals surface area contributed by atoms with Gasteiger partial charge < -0.3 is 10.4 Å². The van der Waals surface area contributed by atoms with Gasteiger partial charge in [-0.25, -0.2) is 0 Å². The van der Waals surface area contributed by atoms with Gasteiger partial charge >= 0.3 is 0 Å². The van der Waals surface area contributed by atoms with Crippen molar-refractivity contribution < 1.29 is 9.90 Å². The van der Waals surface area contributed by atoms with Gasteiger partial charge in [0.1, 0.15) is 0 Å². The molecule has 0 saturated heterocycles. The Morgan fingerprint density at radius 2 is 2.10 bits per heavy atom. The van der Waals surface area contributed by atoms with Gasteiger partial charge in [0.2, 0.25) is 0 Å². The molecule has 0 radical (unpaired) electrons. The van der Waals surface area contributed by atoms with E-state index in [1.807, 2.05) is 25.1 Å². The van der Waals surface area contributed by atoms with Crippen LogP contribution < -0.4 is 5.32 Å². The molecule has 0 unspecified atom stereocenters. The monoisotopic (exact) mass is 287 g/mol. The van der Waals surface area contributed by atoms with E-state index < -0.39 is 0 Å². The second kappa shape index (κ2) is 7.85. The highest BCUT2D eigenvalue weighted by Crippen LogP contribution is 2.18.